The molecule has 0 unspecified atom stereocenters. The van der Waals surface area contributed by atoms with Gasteiger partial charge >= 0.3 is 5.97 Å². The zero-order chi connectivity index (χ0) is 36.3. The number of piperidine rings is 1. The first kappa shape index (κ1) is 37.8. The van der Waals surface area contributed by atoms with Gasteiger partial charge in [-0.25, -0.2) is 0 Å². The zero-order valence-corrected chi connectivity index (χ0v) is 28.2. The quantitative estimate of drug-likeness (QED) is 0.0697. The third-order valence-corrected chi connectivity index (χ3v) is 9.32. The predicted molar refractivity (Wildman–Crippen MR) is 187 cm³/mol. The van der Waals surface area contributed by atoms with E-state index in [1.54, 1.807) is 0 Å². The molecule has 0 aromatic heterocycles. The third-order valence-electron chi connectivity index (χ3n) is 9.32. The number of carbonyl (C=O) groups excluding carboxylic acids is 4. The van der Waals surface area contributed by atoms with E-state index in [9.17, 15) is 29.1 Å². The minimum Gasteiger partial charge on any atom is -0.480 e. The smallest absolute Gasteiger partial charge is 0.323 e. The van der Waals surface area contributed by atoms with Crippen LogP contribution in [-0.4, -0.2) is 106 Å². The zero-order valence-electron chi connectivity index (χ0n) is 28.2. The van der Waals surface area contributed by atoms with Crippen LogP contribution in [-0.2, 0) is 36.8 Å². The van der Waals surface area contributed by atoms with Gasteiger partial charge in [-0.15, -0.1) is 0 Å². The summed E-state index contributed by atoms with van der Waals surface area (Å²) >= 11 is 0. The Kier molecular flexibility index (Phi) is 13.3. The first-order valence-corrected chi connectivity index (χ1v) is 17.0. The fourth-order valence-electron chi connectivity index (χ4n) is 6.38. The molecule has 2 aromatic carbocycles. The van der Waals surface area contributed by atoms with Gasteiger partial charge in [0.2, 0.25) is 23.6 Å². The van der Waals surface area contributed by atoms with E-state index in [0.717, 1.165) is 11.1 Å². The molecule has 4 atom stereocenters. The van der Waals surface area contributed by atoms with Gasteiger partial charge in [-0.05, 0) is 56.1 Å². The second-order valence-electron chi connectivity index (χ2n) is 13.0. The van der Waals surface area contributed by atoms with E-state index in [-0.39, 0.29) is 70.1 Å². The number of likely N-dealkylation sites (tertiary alicyclic amines) is 2. The highest BCUT2D eigenvalue weighted by Crippen LogP contribution is 2.23. The molecule has 0 bridgehead atoms. The fourth-order valence-corrected chi connectivity index (χ4v) is 6.38. The molecule has 15 heteroatoms. The average Bonchev–Trinajstić information content (AvgIpc) is 3.60. The summed E-state index contributed by atoms with van der Waals surface area (Å²) in [5.41, 5.74) is 23.5. The lowest BCUT2D eigenvalue weighted by Crippen LogP contribution is -2.60. The number of nitrogens with one attached hydrogen (secondary N) is 2. The largest absolute Gasteiger partial charge is 0.480 e. The maximum Gasteiger partial charge on any atom is 0.323 e. The summed E-state index contributed by atoms with van der Waals surface area (Å²) in [7, 11) is 0. The molecule has 2 saturated heterocycles. The van der Waals surface area contributed by atoms with Crippen molar-refractivity contribution in [1.82, 2.24) is 20.4 Å². The molecule has 2 aliphatic heterocycles. The molecule has 270 valence electrons. The molecule has 0 spiro atoms. The molecule has 2 aromatic rings. The van der Waals surface area contributed by atoms with Gasteiger partial charge in [0.15, 0.2) is 5.96 Å². The summed E-state index contributed by atoms with van der Waals surface area (Å²) in [5, 5.41) is 15.2. The number of carboxylic acids is 1. The second kappa shape index (κ2) is 17.6. The van der Waals surface area contributed by atoms with Crippen molar-refractivity contribution in [3.8, 4) is 0 Å². The Bertz CT molecular complexity index is 1510. The molecule has 2 fully saturated rings. The number of guanidine groups is 1. The van der Waals surface area contributed by atoms with Crippen molar-refractivity contribution in [1.29, 1.82) is 0 Å². The molecule has 0 aliphatic carbocycles. The van der Waals surface area contributed by atoms with E-state index in [1.807, 2.05) is 60.7 Å². The maximum absolute atomic E-state index is 14.2. The molecule has 0 radical (unpaired) electrons. The number of carboxylic acid groups (broad SMARTS) is 1. The number of aliphatic carboxylic acids is 1. The first-order valence-electron chi connectivity index (χ1n) is 17.0. The van der Waals surface area contributed by atoms with Crippen LogP contribution < -0.4 is 33.6 Å². The Morgan fingerprint density at radius 2 is 1.46 bits per heavy atom. The standard InChI is InChI=1S/C35H49N9O6/c36-25(21-23-9-3-1-4-10-23)29(45)42-27(22-24-11-5-2-6-12-24)32(48)44-18-8-14-28(44)30(46)41-26(13-7-17-40-34(37)38)31(47)43-19-15-35(39,16-20-43)33(49)50/h1-6,9-12,25-28H,7-8,13-22,36,39H2,(H,41,46)(H,42,45)(H,49,50)(H4,37,38,40)/t25-,26-,27-,28-/m1/s1. The van der Waals surface area contributed by atoms with E-state index < -0.39 is 53.4 Å². The van der Waals surface area contributed by atoms with Crippen molar-refractivity contribution in [3.05, 3.63) is 71.8 Å². The van der Waals surface area contributed by atoms with Gasteiger partial charge in [-0.2, -0.15) is 0 Å². The Morgan fingerprint density at radius 1 is 0.860 bits per heavy atom. The van der Waals surface area contributed by atoms with Crippen LogP contribution in [0.4, 0.5) is 0 Å². The summed E-state index contributed by atoms with van der Waals surface area (Å²) < 4.78 is 0. The molecule has 4 amide bonds. The Morgan fingerprint density at radius 3 is 2.04 bits per heavy atom. The van der Waals surface area contributed by atoms with Crippen LogP contribution in [0, 0.1) is 0 Å². The number of hydrogen-bond donors (Lipinski definition) is 7. The molecule has 50 heavy (non-hydrogen) atoms. The number of nitrogens with zero attached hydrogens (tertiary/aromatic N) is 3. The van der Waals surface area contributed by atoms with Crippen molar-refractivity contribution < 1.29 is 29.1 Å². The van der Waals surface area contributed by atoms with E-state index in [4.69, 9.17) is 22.9 Å². The topological polar surface area (TPSA) is 253 Å². The normalized spacial score (nSPS) is 18.7. The summed E-state index contributed by atoms with van der Waals surface area (Å²) in [4.78, 5) is 73.6. The van der Waals surface area contributed by atoms with Crippen LogP contribution in [0.5, 0.6) is 0 Å². The monoisotopic (exact) mass is 691 g/mol. The van der Waals surface area contributed by atoms with Crippen LogP contribution >= 0.6 is 0 Å². The highest BCUT2D eigenvalue weighted by atomic mass is 16.4. The van der Waals surface area contributed by atoms with Gasteiger partial charge < -0.3 is 48.5 Å². The highest BCUT2D eigenvalue weighted by Gasteiger charge is 2.42. The van der Waals surface area contributed by atoms with Crippen molar-refractivity contribution in [3.63, 3.8) is 0 Å². The van der Waals surface area contributed by atoms with E-state index in [2.05, 4.69) is 15.6 Å². The lowest BCUT2D eigenvalue weighted by Gasteiger charge is -2.38. The summed E-state index contributed by atoms with van der Waals surface area (Å²) in [6.45, 7) is 0.748. The van der Waals surface area contributed by atoms with Crippen LogP contribution in [0.15, 0.2) is 65.7 Å². The lowest BCUT2D eigenvalue weighted by molar-refractivity contribution is -0.148. The van der Waals surface area contributed by atoms with Gasteiger partial charge in [0.1, 0.15) is 23.7 Å². The summed E-state index contributed by atoms with van der Waals surface area (Å²) in [6.07, 6.45) is 2.10. The van der Waals surface area contributed by atoms with E-state index >= 15 is 0 Å². The predicted octanol–water partition coefficient (Wildman–Crippen LogP) is -0.782. The van der Waals surface area contributed by atoms with E-state index in [1.165, 1.54) is 9.80 Å². The average molecular weight is 692 g/mol. The van der Waals surface area contributed by atoms with Crippen molar-refractivity contribution in [2.75, 3.05) is 26.2 Å². The van der Waals surface area contributed by atoms with Gasteiger partial charge in [0.05, 0.1) is 6.04 Å². The minimum atomic E-state index is -1.43. The number of carbonyl (C=O) groups is 5. The second-order valence-corrected chi connectivity index (χ2v) is 13.0. The van der Waals surface area contributed by atoms with Crippen LogP contribution in [0.25, 0.3) is 0 Å². The van der Waals surface area contributed by atoms with Crippen LogP contribution in [0.3, 0.4) is 0 Å². The molecule has 4 rings (SSSR count). The fraction of sp³-hybridized carbons (Fsp3) is 0.486. The summed E-state index contributed by atoms with van der Waals surface area (Å²) in [5.74, 6) is -3.02. The van der Waals surface area contributed by atoms with Crippen LogP contribution in [0.1, 0.15) is 49.7 Å². The number of rotatable bonds is 15. The Labute approximate surface area is 291 Å². The van der Waals surface area contributed by atoms with Gasteiger partial charge in [0.25, 0.3) is 0 Å². The van der Waals surface area contributed by atoms with Gasteiger partial charge in [-0.3, -0.25) is 29.0 Å². The van der Waals surface area contributed by atoms with Crippen molar-refractivity contribution in [2.24, 2.45) is 27.9 Å². The minimum absolute atomic E-state index is 0.0666. The number of hydrogen-bond acceptors (Lipinski definition) is 8. The first-order chi connectivity index (χ1) is 23.9. The molecular weight excluding hydrogens is 642 g/mol. The number of nitrogens with two attached hydrogens (primary N) is 4. The molecule has 2 aliphatic rings. The lowest BCUT2D eigenvalue weighted by atomic mass is 9.88. The SMILES string of the molecule is NC(N)=NCCC[C@@H](NC(=O)[C@H]1CCCN1C(=O)[C@@H](Cc1ccccc1)NC(=O)[C@H](N)Cc1ccccc1)C(=O)N1CCC(N)(C(=O)O)CC1. The Hall–Kier alpha value is -5.02. The van der Waals surface area contributed by atoms with E-state index in [0.29, 0.717) is 19.3 Å². The van der Waals surface area contributed by atoms with Crippen molar-refractivity contribution >= 4 is 35.6 Å². The molecule has 15 nitrogen and oxygen atoms in total. The third kappa shape index (κ3) is 10.2. The van der Waals surface area contributed by atoms with Gasteiger partial charge in [-0.1, -0.05) is 60.7 Å². The Balaban J connectivity index is 1.48. The maximum atomic E-state index is 14.2. The number of amides is 4. The number of benzene rings is 2. The van der Waals surface area contributed by atoms with Crippen molar-refractivity contribution in [2.45, 2.75) is 81.1 Å². The number of aliphatic imine (C=N–C) groups is 1. The highest BCUT2D eigenvalue weighted by molar-refractivity contribution is 5.95. The molecule has 11 N–H and O–H groups in total. The van der Waals surface area contributed by atoms with Crippen LogP contribution in [0.2, 0.25) is 0 Å². The molecule has 0 saturated carbocycles. The molecule has 2 heterocycles. The summed E-state index contributed by atoms with van der Waals surface area (Å²) in [6, 6.07) is 14.8. The molecular formula is C35H49N9O6. The van der Waals surface area contributed by atoms with Gasteiger partial charge in [0, 0.05) is 32.6 Å².